The monoisotopic (exact) mass is 636 g/mol. The lowest BCUT2D eigenvalue weighted by atomic mass is 9.83. The molecule has 2 N–H and O–H groups in total. The maximum atomic E-state index is 14.5. The van der Waals surface area contributed by atoms with Gasteiger partial charge in [0.25, 0.3) is 0 Å². The number of methoxy groups -OCH3 is 4. The van der Waals surface area contributed by atoms with Crippen LogP contribution in [0.5, 0.6) is 23.0 Å². The lowest BCUT2D eigenvalue weighted by molar-refractivity contribution is -0.121. The predicted octanol–water partition coefficient (Wildman–Crippen LogP) is 7.04. The zero-order valence-corrected chi connectivity index (χ0v) is 26.9. The number of hydrogen-bond donors (Lipinski definition) is 2. The molecule has 2 unspecified atom stereocenters. The van der Waals surface area contributed by atoms with Gasteiger partial charge in [-0.3, -0.25) is 4.79 Å². The van der Waals surface area contributed by atoms with Gasteiger partial charge < -0.3 is 29.6 Å². The summed E-state index contributed by atoms with van der Waals surface area (Å²) in [5.74, 6) is 2.02. The summed E-state index contributed by atoms with van der Waals surface area (Å²) in [4.78, 5) is 14.5. The minimum Gasteiger partial charge on any atom is -0.497 e. The quantitative estimate of drug-likeness (QED) is 0.136. The Bertz CT molecular complexity index is 1400. The molecule has 4 aromatic rings. The van der Waals surface area contributed by atoms with E-state index in [9.17, 15) is 4.79 Å². The van der Waals surface area contributed by atoms with Crippen LogP contribution in [0, 0.1) is 0 Å². The molecule has 44 heavy (non-hydrogen) atoms. The fourth-order valence-electron chi connectivity index (χ4n) is 5.10. The Morgan fingerprint density at radius 2 is 0.977 bits per heavy atom. The smallest absolute Gasteiger partial charge is 0.150 e. The first kappa shape index (κ1) is 33.1. The van der Waals surface area contributed by atoms with E-state index in [1.807, 2.05) is 84.9 Å². The van der Waals surface area contributed by atoms with Crippen LogP contribution in [0.25, 0.3) is 0 Å². The normalized spacial score (nSPS) is 12.3. The first-order valence-corrected chi connectivity index (χ1v) is 15.0. The molecular weight excluding hydrogens is 599 g/mol. The Kier molecular flexibility index (Phi) is 12.3. The molecule has 232 valence electrons. The average Bonchev–Trinajstić information content (AvgIpc) is 3.06. The number of nitrogens with one attached hydrogen (secondary N) is 2. The van der Waals surface area contributed by atoms with Gasteiger partial charge in [0.05, 0.1) is 40.3 Å². The van der Waals surface area contributed by atoms with Gasteiger partial charge in [-0.05, 0) is 47.5 Å². The molecule has 4 aromatic carbocycles. The van der Waals surface area contributed by atoms with E-state index in [2.05, 4.69) is 10.6 Å². The fourth-order valence-corrected chi connectivity index (χ4v) is 5.35. The topological polar surface area (TPSA) is 78.1 Å². The summed E-state index contributed by atoms with van der Waals surface area (Å²) in [5.41, 5.74) is 3.67. The molecule has 0 aliphatic rings. The van der Waals surface area contributed by atoms with Crippen molar-refractivity contribution in [3.63, 3.8) is 0 Å². The van der Waals surface area contributed by atoms with Gasteiger partial charge in [-0.25, -0.2) is 0 Å². The van der Waals surface area contributed by atoms with Gasteiger partial charge in [-0.15, -0.1) is 0 Å². The van der Waals surface area contributed by atoms with Crippen molar-refractivity contribution in [2.24, 2.45) is 0 Å². The molecule has 4 rings (SSSR count). The molecule has 0 heterocycles. The van der Waals surface area contributed by atoms with Crippen molar-refractivity contribution in [3.05, 3.63) is 117 Å². The molecule has 0 radical (unpaired) electrons. The van der Waals surface area contributed by atoms with E-state index in [0.717, 1.165) is 22.3 Å². The third-order valence-corrected chi connectivity index (χ3v) is 8.05. The van der Waals surface area contributed by atoms with Crippen molar-refractivity contribution in [1.29, 1.82) is 0 Å². The van der Waals surface area contributed by atoms with Crippen molar-refractivity contribution >= 4 is 29.0 Å². The molecule has 0 bridgehead atoms. The van der Waals surface area contributed by atoms with Crippen LogP contribution in [0.4, 0.5) is 0 Å². The Balaban J connectivity index is 1.58. The number of halogens is 2. The van der Waals surface area contributed by atoms with Crippen LogP contribution in [0.1, 0.15) is 34.1 Å². The molecule has 0 spiro atoms. The van der Waals surface area contributed by atoms with Gasteiger partial charge in [0.2, 0.25) is 0 Å². The fraction of sp³-hybridized carbons (Fsp3) is 0.286. The van der Waals surface area contributed by atoms with Crippen LogP contribution in [0.3, 0.4) is 0 Å². The van der Waals surface area contributed by atoms with Crippen molar-refractivity contribution < 1.29 is 23.7 Å². The number of benzene rings is 4. The van der Waals surface area contributed by atoms with Crippen LogP contribution in [0.2, 0.25) is 10.0 Å². The summed E-state index contributed by atoms with van der Waals surface area (Å²) < 4.78 is 21.8. The zero-order valence-electron chi connectivity index (χ0n) is 25.4. The van der Waals surface area contributed by atoms with Gasteiger partial charge in [0.15, 0.2) is 0 Å². The number of carbonyl (C=O) groups is 1. The average molecular weight is 638 g/mol. The van der Waals surface area contributed by atoms with Gasteiger partial charge >= 0.3 is 0 Å². The molecule has 9 heteroatoms. The predicted molar refractivity (Wildman–Crippen MR) is 176 cm³/mol. The van der Waals surface area contributed by atoms with Crippen molar-refractivity contribution in [2.75, 3.05) is 41.5 Å². The van der Waals surface area contributed by atoms with E-state index in [0.29, 0.717) is 59.2 Å². The van der Waals surface area contributed by atoms with Gasteiger partial charge in [-0.1, -0.05) is 59.6 Å². The van der Waals surface area contributed by atoms with Gasteiger partial charge in [0, 0.05) is 59.5 Å². The summed E-state index contributed by atoms with van der Waals surface area (Å²) >= 11 is 12.4. The van der Waals surface area contributed by atoms with E-state index in [-0.39, 0.29) is 5.78 Å². The Labute approximate surface area is 269 Å². The summed E-state index contributed by atoms with van der Waals surface area (Å²) in [6.07, 6.45) is 0. The number of ketones is 1. The minimum absolute atomic E-state index is 0.0676. The molecule has 0 aromatic heterocycles. The summed E-state index contributed by atoms with van der Waals surface area (Å²) in [6, 6.07) is 26.3. The number of hydrogen-bond acceptors (Lipinski definition) is 7. The molecule has 0 amide bonds. The second-order valence-electron chi connectivity index (χ2n) is 10.2. The first-order chi connectivity index (χ1) is 21.4. The van der Waals surface area contributed by atoms with Gasteiger partial charge in [0.1, 0.15) is 28.8 Å². The standard InChI is InChI=1S/C35H38Cl2N2O5/c1-41-29-15-9-25(33(17-29)43-3)19-38-21-31(23-5-11-27(36)12-6-23)35(40)32(24-7-13-28(37)14-8-24)22-39-20-26-10-16-30(42-2)18-34(26)44-4/h5-18,31-32,38-39H,19-22H2,1-4H3. The third-order valence-electron chi connectivity index (χ3n) is 7.55. The van der Waals surface area contributed by atoms with E-state index in [1.54, 1.807) is 28.4 Å². The maximum absolute atomic E-state index is 14.5. The highest BCUT2D eigenvalue weighted by molar-refractivity contribution is 6.30. The highest BCUT2D eigenvalue weighted by atomic mass is 35.5. The SMILES string of the molecule is COc1ccc(CNCC(C(=O)C(CNCc2ccc(OC)cc2OC)c2ccc(Cl)cc2)c2ccc(Cl)cc2)c(OC)c1. The van der Waals surface area contributed by atoms with Crippen LogP contribution < -0.4 is 29.6 Å². The molecule has 7 nitrogen and oxygen atoms in total. The molecule has 0 fully saturated rings. The van der Waals surface area contributed by atoms with Crippen LogP contribution in [-0.4, -0.2) is 47.3 Å². The minimum atomic E-state index is -0.450. The zero-order chi connectivity index (χ0) is 31.5. The number of Topliss-reactive ketones (excluding diaryl/α,β-unsaturated/α-hetero) is 1. The summed E-state index contributed by atoms with van der Waals surface area (Å²) in [6.45, 7) is 1.83. The van der Waals surface area contributed by atoms with E-state index >= 15 is 0 Å². The van der Waals surface area contributed by atoms with Crippen molar-refractivity contribution in [2.45, 2.75) is 24.9 Å². The largest absolute Gasteiger partial charge is 0.497 e. The highest BCUT2D eigenvalue weighted by Crippen LogP contribution is 2.30. The molecule has 0 aliphatic heterocycles. The molecule has 0 saturated heterocycles. The summed E-state index contributed by atoms with van der Waals surface area (Å²) in [7, 11) is 6.50. The second kappa shape index (κ2) is 16.4. The highest BCUT2D eigenvalue weighted by Gasteiger charge is 2.29. The Morgan fingerprint density at radius 3 is 1.32 bits per heavy atom. The second-order valence-corrected chi connectivity index (χ2v) is 11.1. The molecule has 2 atom stereocenters. The molecule has 0 aliphatic carbocycles. The molecular formula is C35H38Cl2N2O5. The molecule has 0 saturated carbocycles. The van der Waals surface area contributed by atoms with Gasteiger partial charge in [-0.2, -0.15) is 0 Å². The lowest BCUT2D eigenvalue weighted by Crippen LogP contribution is -2.34. The van der Waals surface area contributed by atoms with E-state index in [4.69, 9.17) is 42.1 Å². The maximum Gasteiger partial charge on any atom is 0.150 e. The Morgan fingerprint density at radius 1 is 0.591 bits per heavy atom. The first-order valence-electron chi connectivity index (χ1n) is 14.2. The van der Waals surface area contributed by atoms with Crippen molar-refractivity contribution in [1.82, 2.24) is 10.6 Å². The van der Waals surface area contributed by atoms with E-state index in [1.165, 1.54) is 0 Å². The van der Waals surface area contributed by atoms with Crippen LogP contribution in [-0.2, 0) is 17.9 Å². The Hall–Kier alpha value is -3.75. The van der Waals surface area contributed by atoms with Crippen LogP contribution >= 0.6 is 23.2 Å². The van der Waals surface area contributed by atoms with Crippen LogP contribution in [0.15, 0.2) is 84.9 Å². The number of carbonyl (C=O) groups excluding carboxylic acids is 1. The van der Waals surface area contributed by atoms with E-state index < -0.39 is 11.8 Å². The summed E-state index contributed by atoms with van der Waals surface area (Å²) in [5, 5.41) is 8.20. The van der Waals surface area contributed by atoms with Crippen molar-refractivity contribution in [3.8, 4) is 23.0 Å². The number of rotatable bonds is 16. The number of ether oxygens (including phenoxy) is 4. The lowest BCUT2D eigenvalue weighted by Gasteiger charge is -2.25. The third kappa shape index (κ3) is 8.67.